The van der Waals surface area contributed by atoms with Gasteiger partial charge in [0.05, 0.1) is 5.75 Å². The number of benzene rings is 3. The molecule has 0 bridgehead atoms. The van der Waals surface area contributed by atoms with Crippen LogP contribution in [0.4, 0.5) is 5.69 Å². The van der Waals surface area contributed by atoms with E-state index in [1.54, 1.807) is 54.6 Å². The first kappa shape index (κ1) is 22.8. The number of hydrogen-bond acceptors (Lipinski definition) is 4. The molecule has 6 nitrogen and oxygen atoms in total. The molecule has 0 saturated carbocycles. The van der Waals surface area contributed by atoms with Gasteiger partial charge in [0.1, 0.15) is 5.70 Å². The predicted molar refractivity (Wildman–Crippen MR) is 128 cm³/mol. The van der Waals surface area contributed by atoms with Crippen molar-refractivity contribution in [1.82, 2.24) is 5.32 Å². The van der Waals surface area contributed by atoms with Crippen molar-refractivity contribution in [2.75, 3.05) is 11.1 Å². The molecule has 0 aromatic heterocycles. The lowest BCUT2D eigenvalue weighted by Crippen LogP contribution is -2.30. The minimum Gasteiger partial charge on any atom is -0.369 e. The molecular weight excluding hydrogens is 422 g/mol. The van der Waals surface area contributed by atoms with E-state index >= 15 is 0 Å². The fourth-order valence-electron chi connectivity index (χ4n) is 2.86. The number of aryl methyl sites for hydroxylation is 1. The van der Waals surface area contributed by atoms with Crippen molar-refractivity contribution >= 4 is 41.2 Å². The van der Waals surface area contributed by atoms with Gasteiger partial charge in [-0.15, -0.1) is 11.8 Å². The van der Waals surface area contributed by atoms with Crippen LogP contribution in [0.2, 0.25) is 0 Å². The molecule has 0 saturated heterocycles. The number of anilines is 1. The third-order valence-corrected chi connectivity index (χ3v) is 5.41. The number of nitrogens with two attached hydrogens (primary N) is 1. The maximum atomic E-state index is 13.0. The largest absolute Gasteiger partial charge is 0.369 e. The highest BCUT2D eigenvalue weighted by Gasteiger charge is 2.15. The lowest BCUT2D eigenvalue weighted by Gasteiger charge is -2.12. The summed E-state index contributed by atoms with van der Waals surface area (Å²) in [6, 6.07) is 23.4. The molecule has 3 aromatic rings. The van der Waals surface area contributed by atoms with E-state index in [9.17, 15) is 14.4 Å². The lowest BCUT2D eigenvalue weighted by molar-refractivity contribution is -0.115. The van der Waals surface area contributed by atoms with Crippen molar-refractivity contribution in [2.24, 2.45) is 5.73 Å². The highest BCUT2D eigenvalue weighted by atomic mass is 32.2. The number of carbonyl (C=O) groups is 3. The molecule has 0 aliphatic rings. The summed E-state index contributed by atoms with van der Waals surface area (Å²) in [5, 5.41) is 5.52. The zero-order valence-electron chi connectivity index (χ0n) is 17.5. The Morgan fingerprint density at radius 1 is 0.938 bits per heavy atom. The van der Waals surface area contributed by atoms with Crippen molar-refractivity contribution in [2.45, 2.75) is 11.8 Å². The van der Waals surface area contributed by atoms with Crippen LogP contribution < -0.4 is 16.4 Å². The minimum absolute atomic E-state index is 0.122. The van der Waals surface area contributed by atoms with Crippen LogP contribution in [0.3, 0.4) is 0 Å². The highest BCUT2D eigenvalue weighted by molar-refractivity contribution is 8.00. The molecule has 7 heteroatoms. The van der Waals surface area contributed by atoms with Crippen molar-refractivity contribution in [3.05, 3.63) is 101 Å². The van der Waals surface area contributed by atoms with Crippen LogP contribution in [0.1, 0.15) is 21.5 Å². The maximum Gasteiger partial charge on any atom is 0.272 e. The first-order valence-electron chi connectivity index (χ1n) is 9.88. The molecule has 4 N–H and O–H groups in total. The first-order valence-corrected chi connectivity index (χ1v) is 10.9. The van der Waals surface area contributed by atoms with Crippen LogP contribution >= 0.6 is 11.8 Å². The summed E-state index contributed by atoms with van der Waals surface area (Å²) >= 11 is 1.32. The van der Waals surface area contributed by atoms with E-state index in [0.717, 1.165) is 16.0 Å². The third-order valence-electron chi connectivity index (χ3n) is 4.38. The van der Waals surface area contributed by atoms with E-state index in [-0.39, 0.29) is 17.4 Å². The number of thioether (sulfide) groups is 1. The van der Waals surface area contributed by atoms with Crippen LogP contribution in [0.25, 0.3) is 6.08 Å². The Morgan fingerprint density at radius 2 is 1.66 bits per heavy atom. The second-order valence-corrected chi connectivity index (χ2v) is 8.07. The topological polar surface area (TPSA) is 101 Å². The maximum absolute atomic E-state index is 13.0. The third kappa shape index (κ3) is 6.85. The Bertz CT molecular complexity index is 1140. The van der Waals surface area contributed by atoms with Crippen molar-refractivity contribution in [3.63, 3.8) is 0 Å². The molecule has 162 valence electrons. The minimum atomic E-state index is -0.451. The van der Waals surface area contributed by atoms with Gasteiger partial charge in [-0.3, -0.25) is 14.4 Å². The van der Waals surface area contributed by atoms with E-state index in [0.29, 0.717) is 11.3 Å². The average molecular weight is 446 g/mol. The van der Waals surface area contributed by atoms with Gasteiger partial charge in [-0.2, -0.15) is 0 Å². The Morgan fingerprint density at radius 3 is 2.31 bits per heavy atom. The molecule has 0 aliphatic heterocycles. The van der Waals surface area contributed by atoms with Gasteiger partial charge in [-0.1, -0.05) is 48.0 Å². The summed E-state index contributed by atoms with van der Waals surface area (Å²) in [5.41, 5.74) is 8.13. The molecule has 0 spiro atoms. The molecule has 0 fully saturated rings. The molecule has 3 amide bonds. The Balaban J connectivity index is 1.80. The zero-order valence-corrected chi connectivity index (χ0v) is 18.3. The second-order valence-electron chi connectivity index (χ2n) is 7.03. The second kappa shape index (κ2) is 11.0. The van der Waals surface area contributed by atoms with Crippen LogP contribution in [0.5, 0.6) is 0 Å². The number of amides is 3. The van der Waals surface area contributed by atoms with Crippen molar-refractivity contribution in [1.29, 1.82) is 0 Å². The molecule has 0 radical (unpaired) electrons. The summed E-state index contributed by atoms with van der Waals surface area (Å²) in [6.07, 6.45) is 1.64. The van der Waals surface area contributed by atoms with Crippen LogP contribution in [-0.4, -0.2) is 23.5 Å². The predicted octanol–water partition coefficient (Wildman–Crippen LogP) is 3.98. The summed E-state index contributed by atoms with van der Waals surface area (Å²) < 4.78 is 0. The van der Waals surface area contributed by atoms with E-state index in [2.05, 4.69) is 10.6 Å². The fourth-order valence-corrected chi connectivity index (χ4v) is 3.49. The van der Waals surface area contributed by atoms with E-state index in [1.165, 1.54) is 11.8 Å². The summed E-state index contributed by atoms with van der Waals surface area (Å²) in [5.74, 6) is -1.04. The molecule has 0 heterocycles. The van der Waals surface area contributed by atoms with Gasteiger partial charge in [0.15, 0.2) is 0 Å². The van der Waals surface area contributed by atoms with Gasteiger partial charge in [0.2, 0.25) is 5.91 Å². The normalized spacial score (nSPS) is 11.0. The Hall–Kier alpha value is -3.84. The molecule has 0 unspecified atom stereocenters. The summed E-state index contributed by atoms with van der Waals surface area (Å²) in [6.45, 7) is 1.96. The molecule has 0 aliphatic carbocycles. The number of nitrogens with one attached hydrogen (secondary N) is 2. The number of rotatable bonds is 8. The smallest absolute Gasteiger partial charge is 0.272 e. The highest BCUT2D eigenvalue weighted by Crippen LogP contribution is 2.20. The van der Waals surface area contributed by atoms with Crippen molar-refractivity contribution in [3.8, 4) is 0 Å². The summed E-state index contributed by atoms with van der Waals surface area (Å²) in [7, 11) is 0. The van der Waals surface area contributed by atoms with Gasteiger partial charge in [0.25, 0.3) is 11.8 Å². The van der Waals surface area contributed by atoms with Gasteiger partial charge >= 0.3 is 0 Å². The van der Waals surface area contributed by atoms with Gasteiger partial charge < -0.3 is 16.4 Å². The lowest BCUT2D eigenvalue weighted by atomic mass is 10.1. The zero-order chi connectivity index (χ0) is 22.9. The molecule has 3 rings (SSSR count). The quantitative estimate of drug-likeness (QED) is 0.361. The van der Waals surface area contributed by atoms with Crippen LogP contribution in [0.15, 0.2) is 89.5 Å². The molecule has 3 aromatic carbocycles. The van der Waals surface area contributed by atoms with Crippen LogP contribution in [0, 0.1) is 6.92 Å². The monoisotopic (exact) mass is 445 g/mol. The average Bonchev–Trinajstić information content (AvgIpc) is 2.78. The first-order chi connectivity index (χ1) is 15.4. The fraction of sp³-hybridized carbons (Fsp3) is 0.0800. The molecule has 32 heavy (non-hydrogen) atoms. The van der Waals surface area contributed by atoms with E-state index in [4.69, 9.17) is 5.73 Å². The van der Waals surface area contributed by atoms with Gasteiger partial charge in [-0.25, -0.2) is 0 Å². The van der Waals surface area contributed by atoms with E-state index < -0.39 is 11.8 Å². The Labute approximate surface area is 190 Å². The SMILES string of the molecule is Cc1cccc(/C=C(\NC(=O)c2ccccc2)C(=O)Nc2ccc(SCC(N)=O)cc2)c1. The van der Waals surface area contributed by atoms with Gasteiger partial charge in [-0.05, 0) is 55.0 Å². The Kier molecular flexibility index (Phi) is 7.83. The van der Waals surface area contributed by atoms with Gasteiger partial charge in [0, 0.05) is 16.1 Å². The molecule has 0 atom stereocenters. The summed E-state index contributed by atoms with van der Waals surface area (Å²) in [4.78, 5) is 37.5. The van der Waals surface area contributed by atoms with Crippen LogP contribution in [-0.2, 0) is 9.59 Å². The van der Waals surface area contributed by atoms with E-state index in [1.807, 2.05) is 37.3 Å². The number of carbonyl (C=O) groups excluding carboxylic acids is 3. The standard InChI is InChI=1S/C25H23N3O3S/c1-17-6-5-7-18(14-17)15-22(28-24(30)19-8-3-2-4-9-19)25(31)27-20-10-12-21(13-11-20)32-16-23(26)29/h2-15H,16H2,1H3,(H2,26,29)(H,27,31)(H,28,30)/b22-15-. The molecular formula is C25H23N3O3S. The number of primary amides is 1. The number of hydrogen-bond donors (Lipinski definition) is 3. The van der Waals surface area contributed by atoms with Crippen molar-refractivity contribution < 1.29 is 14.4 Å².